The van der Waals surface area contributed by atoms with Crippen LogP contribution in [0.4, 0.5) is 5.69 Å². The summed E-state index contributed by atoms with van der Waals surface area (Å²) in [5.41, 5.74) is 3.07. The maximum Gasteiger partial charge on any atom is 0.143 e. The lowest BCUT2D eigenvalue weighted by Crippen LogP contribution is -2.07. The molecule has 104 valence electrons. The van der Waals surface area contributed by atoms with Crippen molar-refractivity contribution in [3.63, 3.8) is 0 Å². The van der Waals surface area contributed by atoms with Crippen molar-refractivity contribution < 1.29 is 4.74 Å². The minimum Gasteiger partial charge on any atom is -0.495 e. The van der Waals surface area contributed by atoms with Crippen molar-refractivity contribution in [1.29, 1.82) is 5.26 Å². The van der Waals surface area contributed by atoms with Crippen LogP contribution in [0.2, 0.25) is 5.02 Å². The molecule has 1 aromatic heterocycles. The SMILES string of the molecule is COc1cc(C#N)ccc1NCc1c(Cl)c(C)nn1C. The number of benzene rings is 1. The number of ether oxygens (including phenoxy) is 1. The van der Waals surface area contributed by atoms with Crippen molar-refractivity contribution in [2.24, 2.45) is 7.05 Å². The van der Waals surface area contributed by atoms with Crippen LogP contribution in [0.25, 0.3) is 0 Å². The number of rotatable bonds is 4. The van der Waals surface area contributed by atoms with E-state index >= 15 is 0 Å². The first-order valence-corrected chi connectivity index (χ1v) is 6.44. The summed E-state index contributed by atoms with van der Waals surface area (Å²) in [4.78, 5) is 0. The van der Waals surface area contributed by atoms with Gasteiger partial charge in [-0.3, -0.25) is 4.68 Å². The van der Waals surface area contributed by atoms with Crippen molar-refractivity contribution in [1.82, 2.24) is 9.78 Å². The summed E-state index contributed by atoms with van der Waals surface area (Å²) < 4.78 is 7.02. The zero-order chi connectivity index (χ0) is 14.7. The Kier molecular flexibility index (Phi) is 4.16. The standard InChI is InChI=1S/C14H15ClN4O/c1-9-14(15)12(19(2)18-9)8-17-11-5-4-10(7-16)6-13(11)20-3/h4-6,17H,8H2,1-3H3. The van der Waals surface area contributed by atoms with Gasteiger partial charge in [0.05, 0.1) is 47.4 Å². The molecule has 5 nitrogen and oxygen atoms in total. The van der Waals surface area contributed by atoms with Gasteiger partial charge in [0.25, 0.3) is 0 Å². The predicted octanol–water partition coefficient (Wildman–Crippen LogP) is 2.87. The average molecular weight is 291 g/mol. The van der Waals surface area contributed by atoms with Gasteiger partial charge < -0.3 is 10.1 Å². The minimum absolute atomic E-state index is 0.526. The predicted molar refractivity (Wildman–Crippen MR) is 78.0 cm³/mol. The molecule has 0 saturated carbocycles. The summed E-state index contributed by atoms with van der Waals surface area (Å²) in [6.07, 6.45) is 0. The zero-order valence-electron chi connectivity index (χ0n) is 11.6. The minimum atomic E-state index is 0.526. The van der Waals surface area contributed by atoms with Gasteiger partial charge in [0.2, 0.25) is 0 Å². The number of nitrogens with one attached hydrogen (secondary N) is 1. The molecule has 0 aliphatic carbocycles. The first kappa shape index (κ1) is 14.2. The van der Waals surface area contributed by atoms with E-state index in [2.05, 4.69) is 16.5 Å². The van der Waals surface area contributed by atoms with Crippen LogP contribution < -0.4 is 10.1 Å². The van der Waals surface area contributed by atoms with E-state index in [9.17, 15) is 0 Å². The van der Waals surface area contributed by atoms with Crippen molar-refractivity contribution in [2.45, 2.75) is 13.5 Å². The van der Waals surface area contributed by atoms with Crippen molar-refractivity contribution in [3.8, 4) is 11.8 Å². The molecule has 0 aliphatic heterocycles. The van der Waals surface area contributed by atoms with Gasteiger partial charge in [-0.2, -0.15) is 10.4 Å². The number of methoxy groups -OCH3 is 1. The molecule has 1 heterocycles. The van der Waals surface area contributed by atoms with Crippen LogP contribution in [0, 0.1) is 18.3 Å². The summed E-state index contributed by atoms with van der Waals surface area (Å²) in [6, 6.07) is 7.33. The molecule has 0 amide bonds. The average Bonchev–Trinajstić information content (AvgIpc) is 2.70. The number of nitriles is 1. The first-order valence-electron chi connectivity index (χ1n) is 6.06. The number of hydrogen-bond donors (Lipinski definition) is 1. The maximum atomic E-state index is 8.88. The van der Waals surface area contributed by atoms with Crippen LogP contribution in [0.5, 0.6) is 5.75 Å². The van der Waals surface area contributed by atoms with Crippen molar-refractivity contribution in [2.75, 3.05) is 12.4 Å². The van der Waals surface area contributed by atoms with Gasteiger partial charge in [0.1, 0.15) is 5.75 Å². The molecule has 0 radical (unpaired) electrons. The number of hydrogen-bond acceptors (Lipinski definition) is 4. The molecule has 0 fully saturated rings. The lowest BCUT2D eigenvalue weighted by molar-refractivity contribution is 0.416. The van der Waals surface area contributed by atoms with Gasteiger partial charge >= 0.3 is 0 Å². The highest BCUT2D eigenvalue weighted by atomic mass is 35.5. The second-order valence-corrected chi connectivity index (χ2v) is 4.73. The molecule has 0 spiro atoms. The van der Waals surface area contributed by atoms with Crippen LogP contribution in [-0.2, 0) is 13.6 Å². The molecule has 1 N–H and O–H groups in total. The first-order chi connectivity index (χ1) is 9.56. The highest BCUT2D eigenvalue weighted by Gasteiger charge is 2.12. The molecule has 0 saturated heterocycles. The molecule has 6 heteroatoms. The normalized spacial score (nSPS) is 10.2. The third-order valence-electron chi connectivity index (χ3n) is 3.04. The highest BCUT2D eigenvalue weighted by Crippen LogP contribution is 2.27. The van der Waals surface area contributed by atoms with Gasteiger partial charge in [-0.25, -0.2) is 0 Å². The quantitative estimate of drug-likeness (QED) is 0.940. The lowest BCUT2D eigenvalue weighted by Gasteiger charge is -2.11. The second-order valence-electron chi connectivity index (χ2n) is 4.35. The smallest absolute Gasteiger partial charge is 0.143 e. The second kappa shape index (κ2) is 5.85. The fourth-order valence-electron chi connectivity index (χ4n) is 1.96. The Morgan fingerprint density at radius 2 is 2.25 bits per heavy atom. The highest BCUT2D eigenvalue weighted by molar-refractivity contribution is 6.31. The van der Waals surface area contributed by atoms with Crippen LogP contribution >= 0.6 is 11.6 Å². The van der Waals surface area contributed by atoms with E-state index in [1.54, 1.807) is 23.9 Å². The Bertz CT molecular complexity index is 673. The molecule has 2 rings (SSSR count). The lowest BCUT2D eigenvalue weighted by atomic mass is 10.2. The van der Waals surface area contributed by atoms with Crippen LogP contribution in [-0.4, -0.2) is 16.9 Å². The summed E-state index contributed by atoms with van der Waals surface area (Å²) in [7, 11) is 3.43. The van der Waals surface area contributed by atoms with Gasteiger partial charge in [-0.1, -0.05) is 11.6 Å². The third-order valence-corrected chi connectivity index (χ3v) is 3.53. The molecule has 0 aliphatic rings. The number of aryl methyl sites for hydroxylation is 2. The van der Waals surface area contributed by atoms with E-state index < -0.39 is 0 Å². The van der Waals surface area contributed by atoms with Gasteiger partial charge in [0, 0.05) is 13.1 Å². The number of aromatic nitrogens is 2. The summed E-state index contributed by atoms with van der Waals surface area (Å²) in [5, 5.41) is 17.0. The Balaban J connectivity index is 2.21. The van der Waals surface area contributed by atoms with Crippen LogP contribution in [0.3, 0.4) is 0 Å². The van der Waals surface area contributed by atoms with Gasteiger partial charge in [0.15, 0.2) is 0 Å². The number of nitrogens with zero attached hydrogens (tertiary/aromatic N) is 3. The van der Waals surface area contributed by atoms with Crippen LogP contribution in [0.15, 0.2) is 18.2 Å². The van der Waals surface area contributed by atoms with Gasteiger partial charge in [-0.05, 0) is 19.1 Å². The van der Waals surface area contributed by atoms with E-state index in [1.807, 2.05) is 20.0 Å². The zero-order valence-corrected chi connectivity index (χ0v) is 12.3. The topological polar surface area (TPSA) is 62.9 Å². The third kappa shape index (κ3) is 2.70. The van der Waals surface area contributed by atoms with Gasteiger partial charge in [-0.15, -0.1) is 0 Å². The molecular formula is C14H15ClN4O. The van der Waals surface area contributed by atoms with E-state index in [1.165, 1.54) is 0 Å². The fourth-order valence-corrected chi connectivity index (χ4v) is 2.18. The van der Waals surface area contributed by atoms with E-state index in [0.29, 0.717) is 22.9 Å². The Hall–Kier alpha value is -2.19. The molecule has 2 aromatic rings. The van der Waals surface area contributed by atoms with Crippen LogP contribution in [0.1, 0.15) is 17.0 Å². The summed E-state index contributed by atoms with van der Waals surface area (Å²) >= 11 is 6.20. The Labute approximate surface area is 122 Å². The monoisotopic (exact) mass is 290 g/mol. The van der Waals surface area contributed by atoms with E-state index in [4.69, 9.17) is 21.6 Å². The molecule has 1 aromatic carbocycles. The number of anilines is 1. The van der Waals surface area contributed by atoms with E-state index in [-0.39, 0.29) is 0 Å². The summed E-state index contributed by atoms with van der Waals surface area (Å²) in [6.45, 7) is 2.40. The fraction of sp³-hybridized carbons (Fsp3) is 0.286. The molecular weight excluding hydrogens is 276 g/mol. The molecule has 20 heavy (non-hydrogen) atoms. The largest absolute Gasteiger partial charge is 0.495 e. The summed E-state index contributed by atoms with van der Waals surface area (Å²) in [5.74, 6) is 0.624. The molecule has 0 bridgehead atoms. The number of halogens is 1. The Morgan fingerprint density at radius 1 is 1.50 bits per heavy atom. The molecule has 0 unspecified atom stereocenters. The van der Waals surface area contributed by atoms with Crippen molar-refractivity contribution >= 4 is 17.3 Å². The Morgan fingerprint density at radius 3 is 2.80 bits per heavy atom. The maximum absolute atomic E-state index is 8.88. The van der Waals surface area contributed by atoms with E-state index in [0.717, 1.165) is 17.1 Å². The van der Waals surface area contributed by atoms with Crippen molar-refractivity contribution in [3.05, 3.63) is 40.2 Å². The molecule has 0 atom stereocenters.